The Morgan fingerprint density at radius 1 is 1.26 bits per heavy atom. The van der Waals surface area contributed by atoms with Crippen LogP contribution in [0.5, 0.6) is 0 Å². The number of Topliss-reactive ketones (excluding diaryl/α,β-unsaturated/α-hetero) is 1. The van der Waals surface area contributed by atoms with Gasteiger partial charge in [0.05, 0.1) is 12.0 Å². The molecule has 0 saturated heterocycles. The average Bonchev–Trinajstić information content (AvgIpc) is 2.90. The lowest BCUT2D eigenvalue weighted by Crippen LogP contribution is -2.51. The second-order valence-electron chi connectivity index (χ2n) is 8.42. The van der Waals surface area contributed by atoms with Gasteiger partial charge < -0.3 is 4.74 Å². The molecular formula is C21H30O2. The Balaban J connectivity index is 1.68. The third-order valence-electron chi connectivity index (χ3n) is 7.66. The van der Waals surface area contributed by atoms with Crippen molar-refractivity contribution in [2.45, 2.75) is 58.8 Å². The quantitative estimate of drug-likeness (QED) is 0.754. The molecule has 2 heteroatoms. The van der Waals surface area contributed by atoms with Crippen LogP contribution >= 0.6 is 0 Å². The van der Waals surface area contributed by atoms with Gasteiger partial charge in [-0.15, -0.1) is 0 Å². The first-order chi connectivity index (χ1) is 11.1. The van der Waals surface area contributed by atoms with Crippen molar-refractivity contribution in [2.75, 3.05) is 13.2 Å². The van der Waals surface area contributed by atoms with Crippen molar-refractivity contribution in [3.05, 3.63) is 23.8 Å². The maximum absolute atomic E-state index is 12.8. The number of hydrogen-bond donors (Lipinski definition) is 0. The van der Waals surface area contributed by atoms with E-state index in [1.54, 1.807) is 5.57 Å². The molecule has 2 saturated carbocycles. The van der Waals surface area contributed by atoms with Crippen molar-refractivity contribution in [2.24, 2.45) is 28.6 Å². The number of allylic oxidation sites excluding steroid dienone is 4. The van der Waals surface area contributed by atoms with E-state index in [9.17, 15) is 4.79 Å². The number of carbonyl (C=O) groups is 1. The molecule has 126 valence electrons. The Kier molecular flexibility index (Phi) is 3.79. The molecule has 23 heavy (non-hydrogen) atoms. The first-order valence-electron chi connectivity index (χ1n) is 9.60. The van der Waals surface area contributed by atoms with Gasteiger partial charge in [0, 0.05) is 13.0 Å². The van der Waals surface area contributed by atoms with Crippen molar-refractivity contribution in [3.63, 3.8) is 0 Å². The molecule has 0 bridgehead atoms. The van der Waals surface area contributed by atoms with Crippen LogP contribution < -0.4 is 0 Å². The Hall–Kier alpha value is -0.890. The molecule has 4 rings (SSSR count). The summed E-state index contributed by atoms with van der Waals surface area (Å²) >= 11 is 0. The van der Waals surface area contributed by atoms with Crippen LogP contribution in [0.3, 0.4) is 0 Å². The lowest BCUT2D eigenvalue weighted by molar-refractivity contribution is -0.139. The Morgan fingerprint density at radius 3 is 2.96 bits per heavy atom. The standard InChI is InChI=1S/C21H30O2/c1-3-23-14-21-13-11-17-16(18(21)9-10-19(21)22)8-7-15-6-4-5-12-20(15,17)2/h4,6-7,16-18H,3,5,8-14H2,1-2H3/t16-,17+,18+,20+,21-/m1/s1. The highest BCUT2D eigenvalue weighted by Gasteiger charge is 2.60. The number of rotatable bonds is 3. The third-order valence-corrected chi connectivity index (χ3v) is 7.66. The lowest BCUT2D eigenvalue weighted by Gasteiger charge is -2.56. The second-order valence-corrected chi connectivity index (χ2v) is 8.42. The first-order valence-corrected chi connectivity index (χ1v) is 9.60. The number of ether oxygens (including phenoxy) is 1. The SMILES string of the molecule is CCOC[C@]12CC[C@H]3[C@@H](CC=C4C=CCC[C@@]43C)[C@@H]1CCC2=O. The fourth-order valence-corrected chi connectivity index (χ4v) is 6.43. The van der Waals surface area contributed by atoms with E-state index in [0.29, 0.717) is 29.6 Å². The molecule has 5 atom stereocenters. The predicted molar refractivity (Wildman–Crippen MR) is 92.1 cm³/mol. The minimum Gasteiger partial charge on any atom is -0.381 e. The molecule has 0 radical (unpaired) electrons. The van der Waals surface area contributed by atoms with Gasteiger partial charge in [-0.1, -0.05) is 25.2 Å². The van der Waals surface area contributed by atoms with E-state index in [4.69, 9.17) is 4.74 Å². The molecule has 0 spiro atoms. The lowest BCUT2D eigenvalue weighted by atomic mass is 9.48. The van der Waals surface area contributed by atoms with Crippen molar-refractivity contribution < 1.29 is 9.53 Å². The van der Waals surface area contributed by atoms with Gasteiger partial charge in [0.25, 0.3) is 0 Å². The molecule has 2 nitrogen and oxygen atoms in total. The normalized spacial score (nSPS) is 45.2. The van der Waals surface area contributed by atoms with E-state index in [2.05, 4.69) is 25.2 Å². The van der Waals surface area contributed by atoms with Gasteiger partial charge in [-0.3, -0.25) is 4.79 Å². The van der Waals surface area contributed by atoms with Gasteiger partial charge >= 0.3 is 0 Å². The van der Waals surface area contributed by atoms with Gasteiger partial charge in [-0.05, 0) is 74.2 Å². The highest BCUT2D eigenvalue weighted by atomic mass is 16.5. The van der Waals surface area contributed by atoms with Crippen LogP contribution in [0.2, 0.25) is 0 Å². The summed E-state index contributed by atoms with van der Waals surface area (Å²) in [5.41, 5.74) is 1.77. The largest absolute Gasteiger partial charge is 0.381 e. The summed E-state index contributed by atoms with van der Waals surface area (Å²) in [6.07, 6.45) is 15.0. The van der Waals surface area contributed by atoms with Crippen LogP contribution in [0, 0.1) is 28.6 Å². The Labute approximate surface area is 140 Å². The van der Waals surface area contributed by atoms with E-state index < -0.39 is 0 Å². The molecule has 4 aliphatic carbocycles. The number of hydrogen-bond acceptors (Lipinski definition) is 2. The molecule has 0 heterocycles. The maximum atomic E-state index is 12.8. The number of carbonyl (C=O) groups excluding carboxylic acids is 1. The number of fused-ring (bicyclic) bond motifs is 5. The fourth-order valence-electron chi connectivity index (χ4n) is 6.43. The molecule has 0 unspecified atom stereocenters. The highest BCUT2D eigenvalue weighted by molar-refractivity contribution is 5.87. The zero-order valence-corrected chi connectivity index (χ0v) is 14.6. The minimum absolute atomic E-state index is 0.149. The van der Waals surface area contributed by atoms with Gasteiger partial charge in [-0.2, -0.15) is 0 Å². The first kappa shape index (κ1) is 15.6. The molecule has 0 aliphatic heterocycles. The van der Waals surface area contributed by atoms with E-state index >= 15 is 0 Å². The van der Waals surface area contributed by atoms with Crippen molar-refractivity contribution in [1.29, 1.82) is 0 Å². The van der Waals surface area contributed by atoms with Gasteiger partial charge in [0.15, 0.2) is 0 Å². The molecule has 0 aromatic heterocycles. The van der Waals surface area contributed by atoms with Crippen LogP contribution in [-0.2, 0) is 9.53 Å². The van der Waals surface area contributed by atoms with Crippen LogP contribution in [-0.4, -0.2) is 19.0 Å². The van der Waals surface area contributed by atoms with Gasteiger partial charge in [0.1, 0.15) is 5.78 Å². The van der Waals surface area contributed by atoms with Crippen molar-refractivity contribution in [1.82, 2.24) is 0 Å². The monoisotopic (exact) mass is 314 g/mol. The highest BCUT2D eigenvalue weighted by Crippen LogP contribution is 2.63. The summed E-state index contributed by atoms with van der Waals surface area (Å²) < 4.78 is 5.81. The predicted octanol–water partition coefficient (Wildman–Crippen LogP) is 4.70. The average molecular weight is 314 g/mol. The van der Waals surface area contributed by atoms with E-state index in [1.807, 2.05) is 6.92 Å². The smallest absolute Gasteiger partial charge is 0.141 e. The summed E-state index contributed by atoms with van der Waals surface area (Å²) in [5, 5.41) is 0. The second kappa shape index (κ2) is 5.58. The number of ketones is 1. The zero-order chi connectivity index (χ0) is 16.1. The molecular weight excluding hydrogens is 284 g/mol. The van der Waals surface area contributed by atoms with E-state index in [0.717, 1.165) is 31.8 Å². The molecule has 0 aromatic carbocycles. The molecule has 0 amide bonds. The van der Waals surface area contributed by atoms with Crippen LogP contribution in [0.15, 0.2) is 23.8 Å². The summed E-state index contributed by atoms with van der Waals surface area (Å²) in [4.78, 5) is 12.8. The molecule has 0 aromatic rings. The zero-order valence-electron chi connectivity index (χ0n) is 14.6. The van der Waals surface area contributed by atoms with Crippen LogP contribution in [0.25, 0.3) is 0 Å². The van der Waals surface area contributed by atoms with Crippen LogP contribution in [0.4, 0.5) is 0 Å². The van der Waals surface area contributed by atoms with Gasteiger partial charge in [0.2, 0.25) is 0 Å². The van der Waals surface area contributed by atoms with Crippen molar-refractivity contribution in [3.8, 4) is 0 Å². The topological polar surface area (TPSA) is 26.3 Å². The van der Waals surface area contributed by atoms with E-state index in [1.165, 1.54) is 25.7 Å². The third kappa shape index (κ3) is 2.13. The Morgan fingerprint density at radius 2 is 2.13 bits per heavy atom. The van der Waals surface area contributed by atoms with Gasteiger partial charge in [-0.25, -0.2) is 0 Å². The summed E-state index contributed by atoms with van der Waals surface area (Å²) in [6, 6.07) is 0. The Bertz CT molecular complexity index is 560. The molecule has 4 aliphatic rings. The van der Waals surface area contributed by atoms with Crippen molar-refractivity contribution >= 4 is 5.78 Å². The summed E-state index contributed by atoms with van der Waals surface area (Å²) in [6.45, 7) is 5.93. The van der Waals surface area contributed by atoms with Crippen LogP contribution in [0.1, 0.15) is 58.8 Å². The minimum atomic E-state index is -0.149. The van der Waals surface area contributed by atoms with E-state index in [-0.39, 0.29) is 5.41 Å². The summed E-state index contributed by atoms with van der Waals surface area (Å²) in [5.74, 6) is 2.51. The maximum Gasteiger partial charge on any atom is 0.141 e. The molecule has 2 fully saturated rings. The molecule has 0 N–H and O–H groups in total. The summed E-state index contributed by atoms with van der Waals surface area (Å²) in [7, 11) is 0. The fraction of sp³-hybridized carbons (Fsp3) is 0.762.